The Labute approximate surface area is 195 Å². The Morgan fingerprint density at radius 1 is 1.09 bits per heavy atom. The summed E-state index contributed by atoms with van der Waals surface area (Å²) in [5.74, 6) is 1.38. The molecule has 3 heterocycles. The largest absolute Gasteiger partial charge is 0.379 e. The van der Waals surface area contributed by atoms with Crippen LogP contribution in [0.4, 0.5) is 17.5 Å². The predicted octanol–water partition coefficient (Wildman–Crippen LogP) is 4.72. The van der Waals surface area contributed by atoms with E-state index in [1.807, 2.05) is 0 Å². The van der Waals surface area contributed by atoms with Crippen molar-refractivity contribution in [2.24, 2.45) is 0 Å². The molecule has 2 fully saturated rings. The SMILES string of the molecule is Cc1cc(C(C)(C)N2CCOCC2)ccc1Nc1nc(NC2CCCCC2)c2nc[nH]c2n1. The van der Waals surface area contributed by atoms with E-state index < -0.39 is 0 Å². The summed E-state index contributed by atoms with van der Waals surface area (Å²) in [6.45, 7) is 10.2. The highest BCUT2D eigenvalue weighted by atomic mass is 16.5. The van der Waals surface area contributed by atoms with Gasteiger partial charge in [-0.25, -0.2) is 4.98 Å². The molecule has 0 radical (unpaired) electrons. The zero-order chi connectivity index (χ0) is 22.8. The standard InChI is InChI=1S/C25H35N7O/c1-17-15-18(25(2,3)32-11-13-33-14-12-32)9-10-20(17)29-24-30-22-21(26-16-27-22)23(31-24)28-19-7-5-4-6-8-19/h9-10,15-16,19H,4-8,11-14H2,1-3H3,(H3,26,27,28,29,30,31). The van der Waals surface area contributed by atoms with Crippen molar-refractivity contribution in [3.8, 4) is 0 Å². The van der Waals surface area contributed by atoms with Crippen LogP contribution in [-0.4, -0.2) is 57.2 Å². The van der Waals surface area contributed by atoms with Gasteiger partial charge in [-0.15, -0.1) is 0 Å². The van der Waals surface area contributed by atoms with E-state index in [0.29, 0.717) is 12.0 Å². The van der Waals surface area contributed by atoms with Crippen molar-refractivity contribution in [3.05, 3.63) is 35.7 Å². The Morgan fingerprint density at radius 2 is 1.88 bits per heavy atom. The fraction of sp³-hybridized carbons (Fsp3) is 0.560. The summed E-state index contributed by atoms with van der Waals surface area (Å²) in [4.78, 5) is 19.6. The lowest BCUT2D eigenvalue weighted by atomic mass is 9.90. The molecule has 1 saturated carbocycles. The van der Waals surface area contributed by atoms with Crippen LogP contribution in [0.15, 0.2) is 24.5 Å². The highest BCUT2D eigenvalue weighted by Crippen LogP contribution is 2.32. The van der Waals surface area contributed by atoms with Gasteiger partial charge in [0.1, 0.15) is 5.52 Å². The molecular formula is C25H35N7O. The second-order valence-corrected chi connectivity index (χ2v) is 9.79. The molecule has 0 spiro atoms. The first-order chi connectivity index (χ1) is 16.0. The summed E-state index contributed by atoms with van der Waals surface area (Å²) in [5.41, 5.74) is 4.98. The van der Waals surface area contributed by atoms with Crippen LogP contribution in [0.5, 0.6) is 0 Å². The molecule has 176 valence electrons. The van der Waals surface area contributed by atoms with E-state index in [-0.39, 0.29) is 5.54 Å². The number of anilines is 3. The van der Waals surface area contributed by atoms with Crippen LogP contribution < -0.4 is 10.6 Å². The summed E-state index contributed by atoms with van der Waals surface area (Å²) in [7, 11) is 0. The first-order valence-electron chi connectivity index (χ1n) is 12.2. The lowest BCUT2D eigenvalue weighted by molar-refractivity contribution is -0.0118. The highest BCUT2D eigenvalue weighted by Gasteiger charge is 2.30. The maximum atomic E-state index is 5.54. The quantitative estimate of drug-likeness (QED) is 0.502. The number of hydrogen-bond acceptors (Lipinski definition) is 7. The molecule has 0 bridgehead atoms. The molecule has 2 aromatic heterocycles. The Hall–Kier alpha value is -2.71. The number of aromatic amines is 1. The average Bonchev–Trinajstić information content (AvgIpc) is 3.31. The number of fused-ring (bicyclic) bond motifs is 1. The van der Waals surface area contributed by atoms with Crippen LogP contribution in [0.1, 0.15) is 57.1 Å². The van der Waals surface area contributed by atoms with E-state index in [0.717, 1.165) is 49.0 Å². The lowest BCUT2D eigenvalue weighted by Crippen LogP contribution is -2.47. The number of benzene rings is 1. The summed E-state index contributed by atoms with van der Waals surface area (Å²) in [5, 5.41) is 7.07. The van der Waals surface area contributed by atoms with Crippen molar-refractivity contribution in [2.45, 2.75) is 64.5 Å². The third-order valence-electron chi connectivity index (χ3n) is 7.21. The molecule has 1 saturated heterocycles. The number of aryl methyl sites for hydroxylation is 1. The molecular weight excluding hydrogens is 414 g/mol. The second-order valence-electron chi connectivity index (χ2n) is 9.79. The van der Waals surface area contributed by atoms with Gasteiger partial charge >= 0.3 is 0 Å². The van der Waals surface area contributed by atoms with Crippen LogP contribution in [-0.2, 0) is 10.3 Å². The lowest BCUT2D eigenvalue weighted by Gasteiger charge is -2.41. The molecule has 8 nitrogen and oxygen atoms in total. The molecule has 8 heteroatoms. The van der Waals surface area contributed by atoms with Gasteiger partial charge in [-0.1, -0.05) is 31.4 Å². The number of hydrogen-bond donors (Lipinski definition) is 3. The van der Waals surface area contributed by atoms with Crippen LogP contribution in [0.2, 0.25) is 0 Å². The van der Waals surface area contributed by atoms with Crippen LogP contribution in [0.25, 0.3) is 11.2 Å². The van der Waals surface area contributed by atoms with Gasteiger partial charge in [0.15, 0.2) is 11.5 Å². The zero-order valence-corrected chi connectivity index (χ0v) is 19.9. The van der Waals surface area contributed by atoms with Gasteiger partial charge < -0.3 is 20.4 Å². The van der Waals surface area contributed by atoms with Crippen LogP contribution in [0, 0.1) is 6.92 Å². The smallest absolute Gasteiger partial charge is 0.231 e. The van der Waals surface area contributed by atoms with Crippen molar-refractivity contribution >= 4 is 28.6 Å². The topological polar surface area (TPSA) is 91.0 Å². The van der Waals surface area contributed by atoms with Crippen LogP contribution >= 0.6 is 0 Å². The van der Waals surface area contributed by atoms with E-state index in [1.165, 1.54) is 43.2 Å². The van der Waals surface area contributed by atoms with Crippen LogP contribution in [0.3, 0.4) is 0 Å². The van der Waals surface area contributed by atoms with Crippen molar-refractivity contribution in [3.63, 3.8) is 0 Å². The molecule has 1 aromatic carbocycles. The van der Waals surface area contributed by atoms with E-state index in [1.54, 1.807) is 6.33 Å². The Balaban J connectivity index is 1.38. The van der Waals surface area contributed by atoms with E-state index in [9.17, 15) is 0 Å². The van der Waals surface area contributed by atoms with E-state index in [2.05, 4.69) is 69.5 Å². The highest BCUT2D eigenvalue weighted by molar-refractivity contribution is 5.84. The van der Waals surface area contributed by atoms with Crippen molar-refractivity contribution < 1.29 is 4.74 Å². The minimum Gasteiger partial charge on any atom is -0.379 e. The number of morpholine rings is 1. The van der Waals surface area contributed by atoms with Gasteiger partial charge in [0, 0.05) is 30.4 Å². The number of rotatable bonds is 6. The minimum atomic E-state index is -0.0461. The number of nitrogens with one attached hydrogen (secondary N) is 3. The number of imidazole rings is 1. The maximum Gasteiger partial charge on any atom is 0.231 e. The first-order valence-corrected chi connectivity index (χ1v) is 12.2. The van der Waals surface area contributed by atoms with Gasteiger partial charge in [-0.3, -0.25) is 4.90 Å². The molecule has 0 atom stereocenters. The Kier molecular flexibility index (Phi) is 6.21. The van der Waals surface area contributed by atoms with Gasteiger partial charge in [-0.05, 0) is 50.8 Å². The second kappa shape index (κ2) is 9.27. The number of nitrogens with zero attached hydrogens (tertiary/aromatic N) is 4. The number of ether oxygens (including phenoxy) is 1. The average molecular weight is 450 g/mol. The van der Waals surface area contributed by atoms with Crippen molar-refractivity contribution in [2.75, 3.05) is 36.9 Å². The van der Waals surface area contributed by atoms with Gasteiger partial charge in [0.25, 0.3) is 0 Å². The van der Waals surface area contributed by atoms with Gasteiger partial charge in [0.2, 0.25) is 5.95 Å². The number of aromatic nitrogens is 4. The normalized spacial score (nSPS) is 18.5. The summed E-state index contributed by atoms with van der Waals surface area (Å²) in [6.07, 6.45) is 7.90. The summed E-state index contributed by atoms with van der Waals surface area (Å²) in [6, 6.07) is 7.07. The Morgan fingerprint density at radius 3 is 2.64 bits per heavy atom. The van der Waals surface area contributed by atoms with E-state index in [4.69, 9.17) is 9.72 Å². The molecule has 1 aliphatic carbocycles. The summed E-state index contributed by atoms with van der Waals surface area (Å²) >= 11 is 0. The monoisotopic (exact) mass is 449 g/mol. The third kappa shape index (κ3) is 4.68. The van der Waals surface area contributed by atoms with Crippen molar-refractivity contribution in [1.82, 2.24) is 24.8 Å². The molecule has 5 rings (SSSR count). The third-order valence-corrected chi connectivity index (χ3v) is 7.21. The van der Waals surface area contributed by atoms with Gasteiger partial charge in [0.05, 0.1) is 19.5 Å². The molecule has 0 amide bonds. The van der Waals surface area contributed by atoms with Crippen molar-refractivity contribution in [1.29, 1.82) is 0 Å². The number of H-pyrrole nitrogens is 1. The molecule has 3 aromatic rings. The fourth-order valence-corrected chi connectivity index (χ4v) is 5.04. The van der Waals surface area contributed by atoms with Gasteiger partial charge in [-0.2, -0.15) is 9.97 Å². The molecule has 3 N–H and O–H groups in total. The maximum absolute atomic E-state index is 5.54. The predicted molar refractivity (Wildman–Crippen MR) is 132 cm³/mol. The first kappa shape index (κ1) is 22.1. The molecule has 2 aliphatic rings. The fourth-order valence-electron chi connectivity index (χ4n) is 5.04. The minimum absolute atomic E-state index is 0.0461. The summed E-state index contributed by atoms with van der Waals surface area (Å²) < 4.78 is 5.54. The molecule has 1 aliphatic heterocycles. The Bertz CT molecular complexity index is 1100. The zero-order valence-electron chi connectivity index (χ0n) is 19.9. The molecule has 0 unspecified atom stereocenters. The molecule has 33 heavy (non-hydrogen) atoms. The van der Waals surface area contributed by atoms with E-state index >= 15 is 0 Å².